The molecule has 0 aliphatic heterocycles. The molecular weight excluding hydrogens is 298 g/mol. The van der Waals surface area contributed by atoms with Crippen molar-refractivity contribution in [1.82, 2.24) is 10.3 Å². The summed E-state index contributed by atoms with van der Waals surface area (Å²) in [5.74, 6) is 1.72. The van der Waals surface area contributed by atoms with Crippen molar-refractivity contribution in [2.45, 2.75) is 38.6 Å². The van der Waals surface area contributed by atoms with Gasteiger partial charge in [0.25, 0.3) is 0 Å². The van der Waals surface area contributed by atoms with Gasteiger partial charge < -0.3 is 15.5 Å². The SMILES string of the molecule is Cc1oc(-c2ccsc2)nc1CC(=O)NC(C)(CN)C1CC1. The van der Waals surface area contributed by atoms with Gasteiger partial charge in [0, 0.05) is 17.5 Å². The largest absolute Gasteiger partial charge is 0.441 e. The van der Waals surface area contributed by atoms with E-state index in [-0.39, 0.29) is 17.9 Å². The average Bonchev–Trinajstić information content (AvgIpc) is 3.10. The van der Waals surface area contributed by atoms with Crippen molar-refractivity contribution in [3.05, 3.63) is 28.3 Å². The Bertz CT molecular complexity index is 661. The standard InChI is InChI=1S/C16H21N3O2S/c1-10-13(18-15(21-10)11-5-6-22-8-11)7-14(20)19-16(2,9-17)12-3-4-12/h5-6,8,12H,3-4,7,9,17H2,1-2H3,(H,19,20). The molecule has 1 fully saturated rings. The molecule has 0 aromatic carbocycles. The highest BCUT2D eigenvalue weighted by Crippen LogP contribution is 2.39. The van der Waals surface area contributed by atoms with Crippen molar-refractivity contribution in [3.8, 4) is 11.5 Å². The lowest BCUT2D eigenvalue weighted by Gasteiger charge is -2.29. The van der Waals surface area contributed by atoms with Gasteiger partial charge in [-0.05, 0) is 44.1 Å². The summed E-state index contributed by atoms with van der Waals surface area (Å²) in [5, 5.41) is 7.04. The lowest BCUT2D eigenvalue weighted by atomic mass is 9.95. The second kappa shape index (κ2) is 5.85. The average molecular weight is 319 g/mol. The van der Waals surface area contributed by atoms with Gasteiger partial charge in [-0.3, -0.25) is 4.79 Å². The monoisotopic (exact) mass is 319 g/mol. The van der Waals surface area contributed by atoms with Crippen LogP contribution in [0, 0.1) is 12.8 Å². The molecule has 1 amide bonds. The maximum Gasteiger partial charge on any atom is 0.227 e. The van der Waals surface area contributed by atoms with E-state index in [1.165, 1.54) is 0 Å². The first-order valence-electron chi connectivity index (χ1n) is 7.52. The molecule has 1 aliphatic rings. The van der Waals surface area contributed by atoms with Gasteiger partial charge >= 0.3 is 0 Å². The van der Waals surface area contributed by atoms with Crippen LogP contribution in [0.15, 0.2) is 21.2 Å². The molecular formula is C16H21N3O2S. The number of hydrogen-bond donors (Lipinski definition) is 2. The second-order valence-corrected chi connectivity index (χ2v) is 6.93. The molecule has 1 saturated carbocycles. The number of aromatic nitrogens is 1. The van der Waals surface area contributed by atoms with Crippen LogP contribution < -0.4 is 11.1 Å². The topological polar surface area (TPSA) is 81.2 Å². The molecule has 6 heteroatoms. The first-order chi connectivity index (χ1) is 10.5. The number of amides is 1. The van der Waals surface area contributed by atoms with E-state index in [1.807, 2.05) is 30.7 Å². The van der Waals surface area contributed by atoms with Gasteiger partial charge in [-0.1, -0.05) is 0 Å². The number of nitrogens with zero attached hydrogens (tertiary/aromatic N) is 1. The fraction of sp³-hybridized carbons (Fsp3) is 0.500. The number of carbonyl (C=O) groups excluding carboxylic acids is 1. The minimum Gasteiger partial charge on any atom is -0.441 e. The summed E-state index contributed by atoms with van der Waals surface area (Å²) in [5.41, 5.74) is 7.18. The third-order valence-electron chi connectivity index (χ3n) is 4.32. The molecule has 118 valence electrons. The van der Waals surface area contributed by atoms with Crippen LogP contribution >= 0.6 is 11.3 Å². The highest BCUT2D eigenvalue weighted by Gasteiger charge is 2.41. The van der Waals surface area contributed by atoms with Crippen molar-refractivity contribution in [3.63, 3.8) is 0 Å². The predicted octanol–water partition coefficient (Wildman–Crippen LogP) is 2.50. The van der Waals surface area contributed by atoms with Gasteiger partial charge in [-0.25, -0.2) is 4.98 Å². The molecule has 3 rings (SSSR count). The quantitative estimate of drug-likeness (QED) is 0.857. The van der Waals surface area contributed by atoms with E-state index >= 15 is 0 Å². The summed E-state index contributed by atoms with van der Waals surface area (Å²) in [4.78, 5) is 16.8. The van der Waals surface area contributed by atoms with Crippen molar-refractivity contribution in [1.29, 1.82) is 0 Å². The molecule has 0 saturated heterocycles. The Morgan fingerprint density at radius 1 is 1.59 bits per heavy atom. The highest BCUT2D eigenvalue weighted by molar-refractivity contribution is 7.08. The number of carbonyl (C=O) groups is 1. The van der Waals surface area contributed by atoms with Crippen LogP contribution in [0.25, 0.3) is 11.5 Å². The smallest absolute Gasteiger partial charge is 0.227 e. The third-order valence-corrected chi connectivity index (χ3v) is 5.00. The van der Waals surface area contributed by atoms with E-state index in [0.717, 1.165) is 18.4 Å². The van der Waals surface area contributed by atoms with E-state index in [0.29, 0.717) is 29.8 Å². The molecule has 5 nitrogen and oxygen atoms in total. The highest BCUT2D eigenvalue weighted by atomic mass is 32.1. The molecule has 1 atom stereocenters. The summed E-state index contributed by atoms with van der Waals surface area (Å²) in [7, 11) is 0. The van der Waals surface area contributed by atoms with Crippen LogP contribution in [0.5, 0.6) is 0 Å². The zero-order chi connectivity index (χ0) is 15.7. The molecule has 0 bridgehead atoms. The Labute approximate surface area is 133 Å². The van der Waals surface area contributed by atoms with Crippen LogP contribution in [0.3, 0.4) is 0 Å². The van der Waals surface area contributed by atoms with Gasteiger partial charge in [0.1, 0.15) is 5.76 Å². The van der Waals surface area contributed by atoms with E-state index in [4.69, 9.17) is 10.2 Å². The van der Waals surface area contributed by atoms with Crippen LogP contribution in [-0.4, -0.2) is 23.0 Å². The van der Waals surface area contributed by atoms with Crippen LogP contribution in [0.1, 0.15) is 31.2 Å². The molecule has 1 aliphatic carbocycles. The Morgan fingerprint density at radius 3 is 2.95 bits per heavy atom. The third kappa shape index (κ3) is 3.08. The number of thiophene rings is 1. The Morgan fingerprint density at radius 2 is 2.36 bits per heavy atom. The van der Waals surface area contributed by atoms with Gasteiger partial charge in [0.05, 0.1) is 17.7 Å². The Balaban J connectivity index is 1.69. The maximum absolute atomic E-state index is 12.3. The van der Waals surface area contributed by atoms with Crippen molar-refractivity contribution in [2.75, 3.05) is 6.54 Å². The van der Waals surface area contributed by atoms with Gasteiger partial charge in [0.2, 0.25) is 11.8 Å². The summed E-state index contributed by atoms with van der Waals surface area (Å²) >= 11 is 1.59. The van der Waals surface area contributed by atoms with E-state index in [9.17, 15) is 4.79 Å². The van der Waals surface area contributed by atoms with Gasteiger partial charge in [-0.15, -0.1) is 0 Å². The van der Waals surface area contributed by atoms with E-state index in [2.05, 4.69) is 10.3 Å². The number of aryl methyl sites for hydroxylation is 1. The van der Waals surface area contributed by atoms with Gasteiger partial charge in [0.15, 0.2) is 0 Å². The molecule has 1 unspecified atom stereocenters. The molecule has 22 heavy (non-hydrogen) atoms. The number of oxazole rings is 1. The van der Waals surface area contributed by atoms with Crippen LogP contribution in [0.4, 0.5) is 0 Å². The maximum atomic E-state index is 12.3. The number of rotatable bonds is 6. The summed E-state index contributed by atoms with van der Waals surface area (Å²) in [6.07, 6.45) is 2.50. The first-order valence-corrected chi connectivity index (χ1v) is 8.46. The molecule has 2 heterocycles. The van der Waals surface area contributed by atoms with Crippen LogP contribution in [0.2, 0.25) is 0 Å². The lowest BCUT2D eigenvalue weighted by Crippen LogP contribution is -2.53. The zero-order valence-electron chi connectivity index (χ0n) is 12.9. The summed E-state index contributed by atoms with van der Waals surface area (Å²) < 4.78 is 5.67. The number of hydrogen-bond acceptors (Lipinski definition) is 5. The van der Waals surface area contributed by atoms with Crippen LogP contribution in [-0.2, 0) is 11.2 Å². The molecule has 2 aromatic heterocycles. The van der Waals surface area contributed by atoms with E-state index < -0.39 is 0 Å². The summed E-state index contributed by atoms with van der Waals surface area (Å²) in [6, 6.07) is 1.96. The first kappa shape index (κ1) is 15.2. The van der Waals surface area contributed by atoms with Crippen molar-refractivity contribution < 1.29 is 9.21 Å². The Kier molecular flexibility index (Phi) is 4.06. The zero-order valence-corrected chi connectivity index (χ0v) is 13.7. The second-order valence-electron chi connectivity index (χ2n) is 6.15. The number of nitrogens with two attached hydrogens (primary N) is 1. The van der Waals surface area contributed by atoms with Crippen molar-refractivity contribution in [2.24, 2.45) is 11.7 Å². The molecule has 0 spiro atoms. The minimum atomic E-state index is -0.301. The minimum absolute atomic E-state index is 0.0480. The fourth-order valence-corrected chi connectivity index (χ4v) is 3.29. The fourth-order valence-electron chi connectivity index (χ4n) is 2.66. The normalized spacial score (nSPS) is 17.2. The number of nitrogens with one attached hydrogen (secondary N) is 1. The Hall–Kier alpha value is -1.66. The van der Waals surface area contributed by atoms with E-state index in [1.54, 1.807) is 11.3 Å². The van der Waals surface area contributed by atoms with Gasteiger partial charge in [-0.2, -0.15) is 11.3 Å². The van der Waals surface area contributed by atoms with Crippen molar-refractivity contribution >= 4 is 17.2 Å². The predicted molar refractivity (Wildman–Crippen MR) is 86.6 cm³/mol. The molecule has 3 N–H and O–H groups in total. The lowest BCUT2D eigenvalue weighted by molar-refractivity contribution is -0.122. The molecule has 0 radical (unpaired) electrons. The molecule has 2 aromatic rings. The summed E-state index contributed by atoms with van der Waals surface area (Å²) in [6.45, 7) is 4.32.